The Bertz CT molecular complexity index is 639. The summed E-state index contributed by atoms with van der Waals surface area (Å²) in [6.07, 6.45) is 0.941. The summed E-state index contributed by atoms with van der Waals surface area (Å²) in [4.78, 5) is 11.9. The Morgan fingerprint density at radius 2 is 1.88 bits per heavy atom. The van der Waals surface area contributed by atoms with E-state index >= 15 is 0 Å². The van der Waals surface area contributed by atoms with Crippen molar-refractivity contribution in [2.75, 3.05) is 18.5 Å². The van der Waals surface area contributed by atoms with E-state index < -0.39 is 0 Å². The number of nitrogens with zero attached hydrogens (tertiary/aromatic N) is 2. The van der Waals surface area contributed by atoms with Gasteiger partial charge in [0, 0.05) is 12.2 Å². The zero-order chi connectivity index (χ0) is 17.4. The lowest BCUT2D eigenvalue weighted by molar-refractivity contribution is 0.0946. The van der Waals surface area contributed by atoms with E-state index in [1.54, 1.807) is 12.1 Å². The van der Waals surface area contributed by atoms with Gasteiger partial charge in [-0.2, -0.15) is 0 Å². The number of nitrogens with one attached hydrogen (secondary N) is 2. The molecule has 0 saturated heterocycles. The van der Waals surface area contributed by atoms with Crippen LogP contribution in [0.4, 0.5) is 11.5 Å². The molecule has 0 radical (unpaired) electrons. The third kappa shape index (κ3) is 5.53. The predicted molar refractivity (Wildman–Crippen MR) is 94.7 cm³/mol. The number of rotatable bonds is 8. The molecule has 0 aliphatic carbocycles. The highest BCUT2D eigenvalue weighted by Crippen LogP contribution is 2.18. The van der Waals surface area contributed by atoms with Crippen LogP contribution in [0.15, 0.2) is 36.4 Å². The average Bonchev–Trinajstić information content (AvgIpc) is 2.57. The Morgan fingerprint density at radius 3 is 2.46 bits per heavy atom. The van der Waals surface area contributed by atoms with E-state index in [0.29, 0.717) is 30.6 Å². The largest absolute Gasteiger partial charge is 0.494 e. The molecule has 0 bridgehead atoms. The van der Waals surface area contributed by atoms with Crippen molar-refractivity contribution in [1.29, 1.82) is 0 Å². The van der Waals surface area contributed by atoms with E-state index in [1.165, 1.54) is 0 Å². The molecular formula is C18H24N4O2. The van der Waals surface area contributed by atoms with Gasteiger partial charge in [-0.1, -0.05) is 13.8 Å². The molecule has 2 N–H and O–H groups in total. The number of aromatic nitrogens is 2. The number of hydrogen-bond donors (Lipinski definition) is 2. The Balaban J connectivity index is 1.90. The van der Waals surface area contributed by atoms with Crippen molar-refractivity contribution >= 4 is 17.4 Å². The van der Waals surface area contributed by atoms with Gasteiger partial charge >= 0.3 is 0 Å². The topological polar surface area (TPSA) is 76.1 Å². The Kier molecular flexibility index (Phi) is 6.54. The van der Waals surface area contributed by atoms with E-state index in [1.807, 2.05) is 31.2 Å². The van der Waals surface area contributed by atoms with Crippen molar-refractivity contribution in [1.82, 2.24) is 15.5 Å². The number of carbonyl (C=O) groups is 1. The summed E-state index contributed by atoms with van der Waals surface area (Å²) >= 11 is 0. The molecule has 0 fully saturated rings. The lowest BCUT2D eigenvalue weighted by Crippen LogP contribution is -2.26. The van der Waals surface area contributed by atoms with Gasteiger partial charge in [0.15, 0.2) is 11.5 Å². The smallest absolute Gasteiger partial charge is 0.271 e. The Hall–Kier alpha value is -2.63. The minimum absolute atomic E-state index is 0.198. The molecule has 0 atom stereocenters. The molecule has 1 aromatic carbocycles. The number of hydrogen-bond acceptors (Lipinski definition) is 5. The molecule has 2 aromatic rings. The second kappa shape index (κ2) is 8.86. The van der Waals surface area contributed by atoms with Gasteiger partial charge in [0.05, 0.1) is 6.61 Å². The van der Waals surface area contributed by atoms with Gasteiger partial charge < -0.3 is 15.4 Å². The van der Waals surface area contributed by atoms with E-state index in [9.17, 15) is 4.79 Å². The van der Waals surface area contributed by atoms with Crippen LogP contribution in [0, 0.1) is 5.92 Å². The number of carbonyl (C=O) groups excluding carboxylic acids is 1. The number of anilines is 2. The van der Waals surface area contributed by atoms with Crippen molar-refractivity contribution in [3.8, 4) is 5.75 Å². The zero-order valence-electron chi connectivity index (χ0n) is 14.4. The molecule has 1 heterocycles. The molecule has 6 heteroatoms. The first-order valence-corrected chi connectivity index (χ1v) is 8.20. The van der Waals surface area contributed by atoms with E-state index in [-0.39, 0.29) is 5.91 Å². The van der Waals surface area contributed by atoms with E-state index in [0.717, 1.165) is 17.9 Å². The highest BCUT2D eigenvalue weighted by atomic mass is 16.5. The van der Waals surface area contributed by atoms with Crippen LogP contribution in [0.25, 0.3) is 0 Å². The lowest BCUT2D eigenvalue weighted by Gasteiger charge is -2.08. The average molecular weight is 328 g/mol. The molecule has 128 valence electrons. The molecule has 0 spiro atoms. The summed E-state index contributed by atoms with van der Waals surface area (Å²) in [5, 5.41) is 14.0. The van der Waals surface area contributed by atoms with Gasteiger partial charge in [-0.25, -0.2) is 0 Å². The van der Waals surface area contributed by atoms with Crippen molar-refractivity contribution in [2.24, 2.45) is 5.92 Å². The molecule has 2 rings (SSSR count). The molecule has 1 amide bonds. The molecule has 0 unspecified atom stereocenters. The predicted octanol–water partition coefficient (Wildman–Crippen LogP) is 3.39. The second-order valence-electron chi connectivity index (χ2n) is 5.82. The summed E-state index contributed by atoms with van der Waals surface area (Å²) in [5.74, 6) is 1.76. The van der Waals surface area contributed by atoms with Crippen LogP contribution in [-0.4, -0.2) is 29.3 Å². The third-order valence-corrected chi connectivity index (χ3v) is 3.34. The highest BCUT2D eigenvalue weighted by Gasteiger charge is 2.08. The second-order valence-corrected chi connectivity index (χ2v) is 5.82. The molecule has 0 aliphatic heterocycles. The SMILES string of the molecule is CCOc1ccc(Nc2ccc(C(=O)NCCC(C)C)nn2)cc1. The fraction of sp³-hybridized carbons (Fsp3) is 0.389. The summed E-state index contributed by atoms with van der Waals surface area (Å²) in [7, 11) is 0. The summed E-state index contributed by atoms with van der Waals surface area (Å²) in [5.41, 5.74) is 1.19. The fourth-order valence-electron chi connectivity index (χ4n) is 2.03. The summed E-state index contributed by atoms with van der Waals surface area (Å²) in [6.45, 7) is 7.46. The zero-order valence-corrected chi connectivity index (χ0v) is 14.4. The summed E-state index contributed by atoms with van der Waals surface area (Å²) in [6, 6.07) is 11.0. The van der Waals surface area contributed by atoms with Crippen molar-refractivity contribution in [3.63, 3.8) is 0 Å². The van der Waals surface area contributed by atoms with Crippen molar-refractivity contribution in [3.05, 3.63) is 42.1 Å². The Labute approximate surface area is 142 Å². The van der Waals surface area contributed by atoms with Crippen LogP contribution in [-0.2, 0) is 0 Å². The molecule has 0 saturated carbocycles. The van der Waals surface area contributed by atoms with Gasteiger partial charge in [-0.15, -0.1) is 10.2 Å². The van der Waals surface area contributed by atoms with E-state index in [4.69, 9.17) is 4.74 Å². The van der Waals surface area contributed by atoms with Gasteiger partial charge in [0.25, 0.3) is 5.91 Å². The van der Waals surface area contributed by atoms with Gasteiger partial charge in [-0.05, 0) is 55.7 Å². The van der Waals surface area contributed by atoms with Crippen molar-refractivity contribution in [2.45, 2.75) is 27.2 Å². The molecule has 1 aromatic heterocycles. The van der Waals surface area contributed by atoms with Crippen LogP contribution >= 0.6 is 0 Å². The number of amides is 1. The maximum atomic E-state index is 11.9. The minimum atomic E-state index is -0.198. The first kappa shape index (κ1) is 17.7. The minimum Gasteiger partial charge on any atom is -0.494 e. The van der Waals surface area contributed by atoms with Gasteiger partial charge in [0.1, 0.15) is 5.75 Å². The van der Waals surface area contributed by atoms with Crippen LogP contribution in [0.3, 0.4) is 0 Å². The van der Waals surface area contributed by atoms with Crippen molar-refractivity contribution < 1.29 is 9.53 Å². The maximum absolute atomic E-state index is 11.9. The highest BCUT2D eigenvalue weighted by molar-refractivity contribution is 5.92. The van der Waals surface area contributed by atoms with Crippen LogP contribution in [0.2, 0.25) is 0 Å². The van der Waals surface area contributed by atoms with Gasteiger partial charge in [0.2, 0.25) is 0 Å². The van der Waals surface area contributed by atoms with Crippen LogP contribution < -0.4 is 15.4 Å². The summed E-state index contributed by atoms with van der Waals surface area (Å²) < 4.78 is 5.40. The van der Waals surface area contributed by atoms with Crippen LogP contribution in [0.5, 0.6) is 5.75 Å². The number of ether oxygens (including phenoxy) is 1. The monoisotopic (exact) mass is 328 g/mol. The Morgan fingerprint density at radius 1 is 1.12 bits per heavy atom. The molecular weight excluding hydrogens is 304 g/mol. The fourth-order valence-corrected chi connectivity index (χ4v) is 2.03. The first-order valence-electron chi connectivity index (χ1n) is 8.20. The maximum Gasteiger partial charge on any atom is 0.271 e. The van der Waals surface area contributed by atoms with Crippen LogP contribution in [0.1, 0.15) is 37.7 Å². The molecule has 0 aliphatic rings. The molecule has 6 nitrogen and oxygen atoms in total. The normalized spacial score (nSPS) is 10.5. The molecule has 24 heavy (non-hydrogen) atoms. The number of benzene rings is 1. The first-order chi connectivity index (χ1) is 11.6. The third-order valence-electron chi connectivity index (χ3n) is 3.34. The lowest BCUT2D eigenvalue weighted by atomic mass is 10.1. The van der Waals surface area contributed by atoms with E-state index in [2.05, 4.69) is 34.7 Å². The standard InChI is InChI=1S/C18H24N4O2/c1-4-24-15-7-5-14(6-8-15)20-17-10-9-16(21-22-17)18(23)19-12-11-13(2)3/h5-10,13H,4,11-12H2,1-3H3,(H,19,23)(H,20,22). The quantitative estimate of drug-likeness (QED) is 0.777. The van der Waals surface area contributed by atoms with Gasteiger partial charge in [-0.3, -0.25) is 4.79 Å².